The van der Waals surface area contributed by atoms with Gasteiger partial charge in [0.15, 0.2) is 12.4 Å². The Morgan fingerprint density at radius 1 is 1.12 bits per heavy atom. The molecule has 26 heavy (non-hydrogen) atoms. The quantitative estimate of drug-likeness (QED) is 0.387. The number of carbonyl (C=O) groups is 2. The van der Waals surface area contributed by atoms with Gasteiger partial charge in [0, 0.05) is 33.5 Å². The number of rotatable bonds is 4. The van der Waals surface area contributed by atoms with Crippen LogP contribution in [0.2, 0.25) is 0 Å². The Morgan fingerprint density at radius 2 is 1.77 bits per heavy atom. The number of nitrogens with zero attached hydrogens (tertiary/aromatic N) is 1. The molecule has 0 aromatic heterocycles. The zero-order chi connectivity index (χ0) is 18.9. The lowest BCUT2D eigenvalue weighted by molar-refractivity contribution is -0.117. The molecule has 0 unspecified atom stereocenters. The Bertz CT molecular complexity index is 902. The second kappa shape index (κ2) is 7.23. The van der Waals surface area contributed by atoms with Gasteiger partial charge in [-0.05, 0) is 46.4 Å². The van der Waals surface area contributed by atoms with Crippen molar-refractivity contribution in [2.24, 2.45) is 0 Å². The second-order valence-corrected chi connectivity index (χ2v) is 7.92. The fourth-order valence-corrected chi connectivity index (χ4v) is 3.90. The Morgan fingerprint density at radius 3 is 2.46 bits per heavy atom. The first-order valence-electron chi connectivity index (χ1n) is 8.32. The highest BCUT2D eigenvalue weighted by molar-refractivity contribution is 14.1. The minimum absolute atomic E-state index is 0.230. The molecule has 3 rings (SSSR count). The van der Waals surface area contributed by atoms with Crippen molar-refractivity contribution in [1.29, 1.82) is 0 Å². The van der Waals surface area contributed by atoms with E-state index in [0.717, 1.165) is 15.0 Å². The third kappa shape index (κ3) is 3.40. The molecule has 1 heterocycles. The number of ether oxygens (including phenoxy) is 1. The number of anilines is 1. The lowest BCUT2D eigenvalue weighted by atomic mass is 9.83. The van der Waals surface area contributed by atoms with E-state index in [1.54, 1.807) is 18.2 Å². The summed E-state index contributed by atoms with van der Waals surface area (Å²) in [5.41, 5.74) is 3.36. The van der Waals surface area contributed by atoms with Gasteiger partial charge < -0.3 is 9.64 Å². The van der Waals surface area contributed by atoms with Crippen LogP contribution in [0.1, 0.15) is 29.8 Å². The molecular formula is C21H20INO3. The molecule has 1 aliphatic rings. The van der Waals surface area contributed by atoms with Crippen LogP contribution in [0.4, 0.5) is 5.69 Å². The molecule has 134 valence electrons. The number of halogens is 1. The van der Waals surface area contributed by atoms with Crippen LogP contribution in [0, 0.1) is 3.57 Å². The van der Waals surface area contributed by atoms with Gasteiger partial charge in [-0.3, -0.25) is 4.79 Å². The van der Waals surface area contributed by atoms with Crippen LogP contribution in [-0.4, -0.2) is 25.4 Å². The van der Waals surface area contributed by atoms with Crippen LogP contribution < -0.4 is 4.90 Å². The number of para-hydroxylation sites is 1. The van der Waals surface area contributed by atoms with Gasteiger partial charge in [0.05, 0.1) is 5.56 Å². The smallest absolute Gasteiger partial charge is 0.339 e. The summed E-state index contributed by atoms with van der Waals surface area (Å²) in [5, 5.41) is 0. The SMILES string of the molecule is CN1/C(=C/C(=O)COC(=O)c2ccccc2I)C(C)(C)c2ccccc21. The van der Waals surface area contributed by atoms with Gasteiger partial charge in [-0.15, -0.1) is 0 Å². The molecule has 1 aliphatic heterocycles. The highest BCUT2D eigenvalue weighted by atomic mass is 127. The maximum Gasteiger partial charge on any atom is 0.339 e. The van der Waals surface area contributed by atoms with Crippen molar-refractivity contribution in [1.82, 2.24) is 0 Å². The van der Waals surface area contributed by atoms with Gasteiger partial charge in [0.25, 0.3) is 0 Å². The van der Waals surface area contributed by atoms with E-state index in [4.69, 9.17) is 4.74 Å². The molecule has 0 N–H and O–H groups in total. The largest absolute Gasteiger partial charge is 0.454 e. The fraction of sp³-hybridized carbons (Fsp3) is 0.238. The molecule has 0 bridgehead atoms. The average Bonchev–Trinajstić information content (AvgIpc) is 2.81. The normalized spacial score (nSPS) is 16.5. The van der Waals surface area contributed by atoms with Crippen LogP contribution >= 0.6 is 22.6 Å². The van der Waals surface area contributed by atoms with Crippen LogP contribution in [0.5, 0.6) is 0 Å². The molecule has 2 aromatic carbocycles. The van der Waals surface area contributed by atoms with Gasteiger partial charge in [-0.1, -0.05) is 44.2 Å². The van der Waals surface area contributed by atoms with E-state index < -0.39 is 5.97 Å². The third-order valence-electron chi connectivity index (χ3n) is 4.68. The summed E-state index contributed by atoms with van der Waals surface area (Å²) in [6, 6.07) is 15.3. The maximum absolute atomic E-state index is 12.4. The van der Waals surface area contributed by atoms with Crippen molar-refractivity contribution in [3.05, 3.63) is 75.0 Å². The van der Waals surface area contributed by atoms with E-state index in [9.17, 15) is 9.59 Å². The molecule has 0 atom stereocenters. The number of fused-ring (bicyclic) bond motifs is 1. The Labute approximate surface area is 167 Å². The summed E-state index contributed by atoms with van der Waals surface area (Å²) in [6.45, 7) is 3.91. The Kier molecular flexibility index (Phi) is 5.18. The Hall–Kier alpha value is -2.15. The standard InChI is InChI=1S/C21H20INO3/c1-21(2)16-9-5-7-11-18(16)23(3)19(21)12-14(24)13-26-20(25)15-8-4-6-10-17(15)22/h4-12H,13H2,1-3H3/b19-12+. The molecule has 4 nitrogen and oxygen atoms in total. The van der Waals surface area contributed by atoms with Gasteiger partial charge in [-0.2, -0.15) is 0 Å². The first kappa shape index (κ1) is 18.6. The number of carbonyl (C=O) groups excluding carboxylic acids is 2. The van der Waals surface area contributed by atoms with E-state index in [2.05, 4.69) is 42.5 Å². The molecule has 0 amide bonds. The van der Waals surface area contributed by atoms with Gasteiger partial charge in [0.1, 0.15) is 0 Å². The highest BCUT2D eigenvalue weighted by Crippen LogP contribution is 2.46. The summed E-state index contributed by atoms with van der Waals surface area (Å²) in [7, 11) is 1.95. The topological polar surface area (TPSA) is 46.6 Å². The van der Waals surface area contributed by atoms with E-state index in [1.165, 1.54) is 5.56 Å². The number of hydrogen-bond acceptors (Lipinski definition) is 4. The number of esters is 1. The first-order valence-corrected chi connectivity index (χ1v) is 9.40. The number of likely N-dealkylation sites (N-methyl/N-ethyl adjacent to an activating group) is 1. The van der Waals surface area contributed by atoms with Crippen molar-refractivity contribution in [3.63, 3.8) is 0 Å². The van der Waals surface area contributed by atoms with Crippen LogP contribution in [0.25, 0.3) is 0 Å². The predicted molar refractivity (Wildman–Crippen MR) is 110 cm³/mol. The van der Waals surface area contributed by atoms with Crippen molar-refractivity contribution >= 4 is 40.0 Å². The molecule has 0 radical (unpaired) electrons. The van der Waals surface area contributed by atoms with E-state index in [1.807, 2.05) is 42.3 Å². The summed E-state index contributed by atoms with van der Waals surface area (Å²) in [6.07, 6.45) is 1.59. The minimum atomic E-state index is -0.482. The zero-order valence-electron chi connectivity index (χ0n) is 15.0. The lowest BCUT2D eigenvalue weighted by Crippen LogP contribution is -2.25. The summed E-state index contributed by atoms with van der Waals surface area (Å²) in [5.74, 6) is -0.712. The number of allylic oxidation sites excluding steroid dienone is 1. The number of ketones is 1. The second-order valence-electron chi connectivity index (χ2n) is 6.75. The van der Waals surface area contributed by atoms with Gasteiger partial charge >= 0.3 is 5.97 Å². The lowest BCUT2D eigenvalue weighted by Gasteiger charge is -2.23. The molecule has 0 saturated heterocycles. The first-order chi connectivity index (χ1) is 12.3. The molecular weight excluding hydrogens is 441 g/mol. The van der Waals surface area contributed by atoms with Crippen LogP contribution in [-0.2, 0) is 14.9 Å². The molecule has 5 heteroatoms. The highest BCUT2D eigenvalue weighted by Gasteiger charge is 2.38. The summed E-state index contributed by atoms with van der Waals surface area (Å²) >= 11 is 2.08. The van der Waals surface area contributed by atoms with E-state index in [0.29, 0.717) is 5.56 Å². The molecule has 2 aromatic rings. The van der Waals surface area contributed by atoms with Gasteiger partial charge in [-0.25, -0.2) is 4.79 Å². The fourth-order valence-electron chi connectivity index (χ4n) is 3.29. The van der Waals surface area contributed by atoms with Gasteiger partial charge in [0.2, 0.25) is 0 Å². The van der Waals surface area contributed by atoms with Crippen LogP contribution in [0.3, 0.4) is 0 Å². The van der Waals surface area contributed by atoms with Crippen molar-refractivity contribution in [2.75, 3.05) is 18.6 Å². The van der Waals surface area contributed by atoms with Crippen molar-refractivity contribution < 1.29 is 14.3 Å². The maximum atomic E-state index is 12.4. The van der Waals surface area contributed by atoms with Crippen molar-refractivity contribution in [3.8, 4) is 0 Å². The molecule has 0 spiro atoms. The number of hydrogen-bond donors (Lipinski definition) is 0. The van der Waals surface area contributed by atoms with Crippen LogP contribution in [0.15, 0.2) is 60.3 Å². The minimum Gasteiger partial charge on any atom is -0.454 e. The zero-order valence-corrected chi connectivity index (χ0v) is 17.1. The predicted octanol–water partition coefficient (Wildman–Crippen LogP) is 4.33. The van der Waals surface area contributed by atoms with E-state index in [-0.39, 0.29) is 17.8 Å². The van der Waals surface area contributed by atoms with E-state index >= 15 is 0 Å². The summed E-state index contributed by atoms with van der Waals surface area (Å²) in [4.78, 5) is 26.6. The molecule has 0 fully saturated rings. The third-order valence-corrected chi connectivity index (χ3v) is 5.62. The average molecular weight is 461 g/mol. The van der Waals surface area contributed by atoms with Crippen molar-refractivity contribution in [2.45, 2.75) is 19.3 Å². The summed E-state index contributed by atoms with van der Waals surface area (Å²) < 4.78 is 6.00. The Balaban J connectivity index is 1.74. The molecule has 0 aliphatic carbocycles. The molecule has 0 saturated carbocycles. The monoisotopic (exact) mass is 461 g/mol. The number of benzene rings is 2.